The second-order valence-corrected chi connectivity index (χ2v) is 4.95. The maximum atomic E-state index is 8.64. The Kier molecular flexibility index (Phi) is 9.17. The summed E-state index contributed by atoms with van der Waals surface area (Å²) in [5, 5.41) is 15.7. The van der Waals surface area contributed by atoms with Crippen molar-refractivity contribution in [3.63, 3.8) is 0 Å². The van der Waals surface area contributed by atoms with Crippen molar-refractivity contribution in [3.05, 3.63) is 22.7 Å². The number of rotatable bonds is 11. The molecular weight excluding hydrogens is 292 g/mol. The molecule has 1 rings (SSSR count). The van der Waals surface area contributed by atoms with Crippen molar-refractivity contribution < 1.29 is 14.6 Å². The number of ether oxygens (including phenoxy) is 2. The largest absolute Gasteiger partial charge is 0.493 e. The van der Waals surface area contributed by atoms with E-state index in [0.29, 0.717) is 29.7 Å². The van der Waals surface area contributed by atoms with Crippen molar-refractivity contribution in [2.45, 2.75) is 19.9 Å². The van der Waals surface area contributed by atoms with Gasteiger partial charge in [0.15, 0.2) is 11.5 Å². The Balaban J connectivity index is 2.43. The van der Waals surface area contributed by atoms with E-state index in [9.17, 15) is 0 Å². The van der Waals surface area contributed by atoms with Gasteiger partial charge in [-0.15, -0.1) is 0 Å². The molecule has 0 heterocycles. The van der Waals surface area contributed by atoms with E-state index in [4.69, 9.17) is 26.2 Å². The highest BCUT2D eigenvalue weighted by atomic mass is 35.5. The van der Waals surface area contributed by atoms with Gasteiger partial charge < -0.3 is 25.2 Å². The minimum absolute atomic E-state index is 0.178. The second kappa shape index (κ2) is 10.7. The summed E-state index contributed by atoms with van der Waals surface area (Å²) in [5.41, 5.74) is 1.06. The van der Waals surface area contributed by atoms with Gasteiger partial charge in [-0.2, -0.15) is 0 Å². The summed E-state index contributed by atoms with van der Waals surface area (Å²) in [6, 6.07) is 3.83. The fourth-order valence-corrected chi connectivity index (χ4v) is 2.22. The maximum Gasteiger partial charge on any atom is 0.179 e. The zero-order valence-corrected chi connectivity index (χ0v) is 13.5. The molecule has 0 unspecified atom stereocenters. The molecule has 0 saturated carbocycles. The van der Waals surface area contributed by atoms with E-state index in [1.165, 1.54) is 0 Å². The summed E-state index contributed by atoms with van der Waals surface area (Å²) >= 11 is 6.22. The fraction of sp³-hybridized carbons (Fsp3) is 0.600. The zero-order valence-electron chi connectivity index (χ0n) is 12.7. The van der Waals surface area contributed by atoms with Crippen molar-refractivity contribution in [2.24, 2.45) is 0 Å². The Morgan fingerprint density at radius 3 is 2.62 bits per heavy atom. The topological polar surface area (TPSA) is 62.8 Å². The third-order valence-corrected chi connectivity index (χ3v) is 3.18. The molecule has 0 atom stereocenters. The van der Waals surface area contributed by atoms with E-state index in [2.05, 4.69) is 10.6 Å². The third kappa shape index (κ3) is 6.52. The fourth-order valence-electron chi connectivity index (χ4n) is 1.93. The molecular formula is C15H25ClN2O3. The number of aliphatic hydroxyl groups excluding tert-OH is 1. The number of methoxy groups -OCH3 is 1. The molecule has 0 aliphatic rings. The predicted octanol–water partition coefficient (Wildman–Crippen LogP) is 1.81. The molecule has 1 aromatic carbocycles. The van der Waals surface area contributed by atoms with E-state index >= 15 is 0 Å². The molecule has 0 fully saturated rings. The molecule has 120 valence electrons. The van der Waals surface area contributed by atoms with Crippen LogP contribution in [-0.4, -0.2) is 45.1 Å². The lowest BCUT2D eigenvalue weighted by molar-refractivity contribution is 0.292. The van der Waals surface area contributed by atoms with Gasteiger partial charge in [0.1, 0.15) is 0 Å². The average Bonchev–Trinajstić information content (AvgIpc) is 2.48. The normalized spacial score (nSPS) is 10.7. The summed E-state index contributed by atoms with van der Waals surface area (Å²) < 4.78 is 10.8. The van der Waals surface area contributed by atoms with Gasteiger partial charge in [0.25, 0.3) is 0 Å². The molecule has 0 aliphatic carbocycles. The Labute approximate surface area is 131 Å². The summed E-state index contributed by atoms with van der Waals surface area (Å²) in [6.45, 7) is 5.79. The van der Waals surface area contributed by atoms with Crippen molar-refractivity contribution in [1.82, 2.24) is 10.6 Å². The number of aliphatic hydroxyl groups is 1. The Hall–Kier alpha value is -1.01. The molecule has 6 heteroatoms. The van der Waals surface area contributed by atoms with Crippen molar-refractivity contribution in [2.75, 3.05) is 40.0 Å². The van der Waals surface area contributed by atoms with E-state index in [1.807, 2.05) is 19.1 Å². The van der Waals surface area contributed by atoms with Gasteiger partial charge >= 0.3 is 0 Å². The van der Waals surface area contributed by atoms with Gasteiger partial charge in [-0.25, -0.2) is 0 Å². The van der Waals surface area contributed by atoms with Crippen LogP contribution in [0.4, 0.5) is 0 Å². The third-order valence-electron chi connectivity index (χ3n) is 2.90. The molecule has 5 nitrogen and oxygen atoms in total. The molecule has 0 aliphatic heterocycles. The molecule has 0 bridgehead atoms. The molecule has 3 N–H and O–H groups in total. The first-order valence-corrected chi connectivity index (χ1v) is 7.62. The highest BCUT2D eigenvalue weighted by molar-refractivity contribution is 6.32. The summed E-state index contributed by atoms with van der Waals surface area (Å²) in [5.74, 6) is 1.25. The smallest absolute Gasteiger partial charge is 0.179 e. The summed E-state index contributed by atoms with van der Waals surface area (Å²) in [7, 11) is 1.61. The van der Waals surface area contributed by atoms with Gasteiger partial charge in [-0.1, -0.05) is 11.6 Å². The highest BCUT2D eigenvalue weighted by Gasteiger charge is 2.11. The number of hydrogen-bond acceptors (Lipinski definition) is 5. The summed E-state index contributed by atoms with van der Waals surface area (Å²) in [4.78, 5) is 0. The molecule has 1 aromatic rings. The number of hydrogen-bond donors (Lipinski definition) is 3. The number of halogens is 1. The molecule has 0 spiro atoms. The van der Waals surface area contributed by atoms with Crippen LogP contribution in [0.1, 0.15) is 18.9 Å². The van der Waals surface area contributed by atoms with Crippen LogP contribution in [0.25, 0.3) is 0 Å². The van der Waals surface area contributed by atoms with Crippen LogP contribution in [0.2, 0.25) is 5.02 Å². The van der Waals surface area contributed by atoms with Crippen molar-refractivity contribution >= 4 is 11.6 Å². The minimum Gasteiger partial charge on any atom is -0.493 e. The van der Waals surface area contributed by atoms with E-state index < -0.39 is 0 Å². The van der Waals surface area contributed by atoms with Crippen LogP contribution in [0.5, 0.6) is 11.5 Å². The monoisotopic (exact) mass is 316 g/mol. The standard InChI is InChI=1S/C15H25ClN2O3/c1-3-21-15-13(16)9-12(10-14(15)20-2)11-18-6-4-5-17-7-8-19/h9-10,17-19H,3-8,11H2,1-2H3. The molecule has 0 amide bonds. The Morgan fingerprint density at radius 1 is 1.19 bits per heavy atom. The quantitative estimate of drug-likeness (QED) is 0.544. The van der Waals surface area contributed by atoms with Crippen LogP contribution < -0.4 is 20.1 Å². The lowest BCUT2D eigenvalue weighted by Crippen LogP contribution is -2.23. The van der Waals surface area contributed by atoms with E-state index in [1.54, 1.807) is 7.11 Å². The van der Waals surface area contributed by atoms with E-state index in [0.717, 1.165) is 31.6 Å². The molecule has 0 aromatic heterocycles. The van der Waals surface area contributed by atoms with Gasteiger partial charge in [0.05, 0.1) is 25.3 Å². The number of benzene rings is 1. The van der Waals surface area contributed by atoms with Gasteiger partial charge in [-0.05, 0) is 44.1 Å². The van der Waals surface area contributed by atoms with Gasteiger partial charge in [0.2, 0.25) is 0 Å². The predicted molar refractivity (Wildman–Crippen MR) is 85.5 cm³/mol. The molecule has 21 heavy (non-hydrogen) atoms. The second-order valence-electron chi connectivity index (χ2n) is 4.55. The van der Waals surface area contributed by atoms with E-state index in [-0.39, 0.29) is 6.61 Å². The first-order chi connectivity index (χ1) is 10.2. The van der Waals surface area contributed by atoms with Gasteiger partial charge in [-0.3, -0.25) is 0 Å². The minimum atomic E-state index is 0.178. The maximum absolute atomic E-state index is 8.64. The lowest BCUT2D eigenvalue weighted by atomic mass is 10.2. The van der Waals surface area contributed by atoms with Crippen LogP contribution in [-0.2, 0) is 6.54 Å². The SMILES string of the molecule is CCOc1c(Cl)cc(CNCCCNCCO)cc1OC. The highest BCUT2D eigenvalue weighted by Crippen LogP contribution is 2.36. The van der Waals surface area contributed by atoms with Crippen molar-refractivity contribution in [3.8, 4) is 11.5 Å². The van der Waals surface area contributed by atoms with Crippen LogP contribution in [0, 0.1) is 0 Å². The summed E-state index contributed by atoms with van der Waals surface area (Å²) in [6.07, 6.45) is 1.00. The first kappa shape index (κ1) is 18.0. The lowest BCUT2D eigenvalue weighted by Gasteiger charge is -2.13. The van der Waals surface area contributed by atoms with Crippen LogP contribution in [0.3, 0.4) is 0 Å². The Morgan fingerprint density at radius 2 is 1.95 bits per heavy atom. The molecule has 0 saturated heterocycles. The van der Waals surface area contributed by atoms with Crippen molar-refractivity contribution in [1.29, 1.82) is 0 Å². The zero-order chi connectivity index (χ0) is 15.5. The van der Waals surface area contributed by atoms with Gasteiger partial charge in [0, 0.05) is 13.1 Å². The molecule has 0 radical (unpaired) electrons. The first-order valence-electron chi connectivity index (χ1n) is 7.24. The average molecular weight is 317 g/mol. The Bertz CT molecular complexity index is 416. The van der Waals surface area contributed by atoms with Crippen LogP contribution in [0.15, 0.2) is 12.1 Å². The van der Waals surface area contributed by atoms with Crippen LogP contribution >= 0.6 is 11.6 Å². The number of nitrogens with one attached hydrogen (secondary N) is 2.